The molecule has 0 saturated carbocycles. The highest BCUT2D eigenvalue weighted by Crippen LogP contribution is 2.36. The van der Waals surface area contributed by atoms with Crippen LogP contribution in [0.4, 0.5) is 13.6 Å². The Morgan fingerprint density at radius 2 is 1.74 bits per heavy atom. The number of carbonyl (C=O) groups excluding carboxylic acids is 2. The van der Waals surface area contributed by atoms with E-state index in [0.717, 1.165) is 8.47 Å². The number of amides is 3. The maximum absolute atomic E-state index is 13.5. The summed E-state index contributed by atoms with van der Waals surface area (Å²) in [4.78, 5) is 26.3. The summed E-state index contributed by atoms with van der Waals surface area (Å²) in [5.41, 5.74) is 2.05. The van der Waals surface area contributed by atoms with Crippen LogP contribution in [0.5, 0.6) is 11.5 Å². The normalized spacial score (nSPS) is 14.4. The van der Waals surface area contributed by atoms with Crippen LogP contribution in [0.15, 0.2) is 66.4 Å². The zero-order valence-corrected chi connectivity index (χ0v) is 20.8. The molecule has 9 heteroatoms. The Bertz CT molecular complexity index is 1300. The second-order valence-electron chi connectivity index (χ2n) is 7.69. The third-order valence-corrected chi connectivity index (χ3v) is 5.93. The predicted octanol–water partition coefficient (Wildman–Crippen LogP) is 5.64. The molecule has 0 aliphatic carbocycles. The fourth-order valence-corrected chi connectivity index (χ4v) is 4.29. The van der Waals surface area contributed by atoms with Gasteiger partial charge < -0.3 is 14.8 Å². The van der Waals surface area contributed by atoms with Crippen molar-refractivity contribution in [1.82, 2.24) is 10.2 Å². The summed E-state index contributed by atoms with van der Waals surface area (Å²) in [5.74, 6) is -0.265. The minimum Gasteiger partial charge on any atom is -0.490 e. The van der Waals surface area contributed by atoms with Gasteiger partial charge in [0.2, 0.25) is 0 Å². The lowest BCUT2D eigenvalue weighted by atomic mass is 10.1. The zero-order chi connectivity index (χ0) is 24.9. The van der Waals surface area contributed by atoms with Crippen molar-refractivity contribution in [2.24, 2.45) is 0 Å². The van der Waals surface area contributed by atoms with E-state index < -0.39 is 17.8 Å². The molecule has 0 atom stereocenters. The van der Waals surface area contributed by atoms with Crippen LogP contribution in [0.3, 0.4) is 0 Å². The summed E-state index contributed by atoms with van der Waals surface area (Å²) in [6.07, 6.45) is 1.56. The van der Waals surface area contributed by atoms with Crippen LogP contribution in [-0.4, -0.2) is 23.4 Å². The molecule has 0 unspecified atom stereocenters. The van der Waals surface area contributed by atoms with Crippen molar-refractivity contribution in [3.05, 3.63) is 98.3 Å². The monoisotopic (exact) mass is 590 g/mol. The second-order valence-corrected chi connectivity index (χ2v) is 8.85. The summed E-state index contributed by atoms with van der Waals surface area (Å²) in [6.45, 7) is 2.40. The molecule has 1 N–H and O–H groups in total. The van der Waals surface area contributed by atoms with Crippen molar-refractivity contribution < 1.29 is 27.8 Å². The Kier molecular flexibility index (Phi) is 7.64. The number of urea groups is 1. The maximum Gasteiger partial charge on any atom is 0.329 e. The number of imide groups is 1. The van der Waals surface area contributed by atoms with E-state index in [1.807, 2.05) is 6.92 Å². The Balaban J connectivity index is 1.55. The first-order chi connectivity index (χ1) is 16.8. The molecule has 1 heterocycles. The number of nitrogens with one attached hydrogen (secondary N) is 1. The lowest BCUT2D eigenvalue weighted by Crippen LogP contribution is -2.30. The van der Waals surface area contributed by atoms with Gasteiger partial charge in [-0.1, -0.05) is 24.3 Å². The van der Waals surface area contributed by atoms with Crippen LogP contribution in [-0.2, 0) is 17.9 Å². The average Bonchev–Trinajstić information content (AvgIpc) is 3.07. The molecule has 0 spiro atoms. The van der Waals surface area contributed by atoms with E-state index in [1.54, 1.807) is 30.3 Å². The highest BCUT2D eigenvalue weighted by Gasteiger charge is 2.33. The summed E-state index contributed by atoms with van der Waals surface area (Å²) in [7, 11) is 0. The van der Waals surface area contributed by atoms with Crippen LogP contribution in [0.2, 0.25) is 0 Å². The smallest absolute Gasteiger partial charge is 0.329 e. The van der Waals surface area contributed by atoms with Crippen molar-refractivity contribution in [2.75, 3.05) is 6.61 Å². The van der Waals surface area contributed by atoms with Crippen molar-refractivity contribution in [3.8, 4) is 11.5 Å². The van der Waals surface area contributed by atoms with Crippen LogP contribution in [0.25, 0.3) is 6.08 Å². The molecule has 0 radical (unpaired) electrons. The Hall–Kier alpha value is -3.47. The molecule has 1 aliphatic rings. The number of hydrogen-bond donors (Lipinski definition) is 1. The van der Waals surface area contributed by atoms with Crippen LogP contribution in [0.1, 0.15) is 23.6 Å². The quantitative estimate of drug-likeness (QED) is 0.210. The first-order valence-electron chi connectivity index (χ1n) is 10.8. The van der Waals surface area contributed by atoms with Crippen molar-refractivity contribution >= 4 is 40.6 Å². The number of halogens is 3. The molecule has 4 rings (SSSR count). The summed E-state index contributed by atoms with van der Waals surface area (Å²) in [6, 6.07) is 14.7. The lowest BCUT2D eigenvalue weighted by molar-refractivity contribution is -0.123. The van der Waals surface area contributed by atoms with Gasteiger partial charge in [-0.3, -0.25) is 9.69 Å². The second kappa shape index (κ2) is 10.9. The summed E-state index contributed by atoms with van der Waals surface area (Å²) in [5, 5.41) is 2.59. The van der Waals surface area contributed by atoms with E-state index in [0.29, 0.717) is 34.8 Å². The molecule has 6 nitrogen and oxygen atoms in total. The van der Waals surface area contributed by atoms with Crippen LogP contribution in [0, 0.1) is 15.2 Å². The molecular formula is C26H21F2IN2O4. The van der Waals surface area contributed by atoms with Gasteiger partial charge in [-0.05, 0) is 88.7 Å². The molecule has 1 fully saturated rings. The van der Waals surface area contributed by atoms with Gasteiger partial charge in [0.1, 0.15) is 23.9 Å². The Labute approximate surface area is 214 Å². The molecular weight excluding hydrogens is 569 g/mol. The maximum atomic E-state index is 13.5. The molecule has 3 aromatic rings. The number of hydrogen-bond acceptors (Lipinski definition) is 4. The summed E-state index contributed by atoms with van der Waals surface area (Å²) < 4.78 is 39.0. The Morgan fingerprint density at radius 1 is 0.971 bits per heavy atom. The lowest BCUT2D eigenvalue weighted by Gasteiger charge is -2.15. The SMILES string of the molecule is CCOc1cc(/C=C2/NC(=O)N(Cc3ccc(F)cc3)C2=O)cc(I)c1OCc1cccc(F)c1. The van der Waals surface area contributed by atoms with Crippen LogP contribution < -0.4 is 14.8 Å². The molecule has 0 bridgehead atoms. The first-order valence-corrected chi connectivity index (χ1v) is 11.8. The fraction of sp³-hybridized carbons (Fsp3) is 0.154. The highest BCUT2D eigenvalue weighted by molar-refractivity contribution is 14.1. The summed E-state index contributed by atoms with van der Waals surface area (Å²) >= 11 is 2.10. The average molecular weight is 590 g/mol. The van der Waals surface area contributed by atoms with Gasteiger partial charge in [0.05, 0.1) is 16.7 Å². The predicted molar refractivity (Wildman–Crippen MR) is 135 cm³/mol. The largest absolute Gasteiger partial charge is 0.490 e. The number of nitrogens with zero attached hydrogens (tertiary/aromatic N) is 1. The standard InChI is InChI=1S/C26H21F2IN2O4/c1-2-34-23-13-18(11-21(29)24(23)35-15-17-4-3-5-20(28)10-17)12-22-25(32)31(26(33)30-22)14-16-6-8-19(27)9-7-16/h3-13H,2,14-15H2,1H3,(H,30,33)/b22-12+. The van der Waals surface area contributed by atoms with Gasteiger partial charge in [0.15, 0.2) is 11.5 Å². The molecule has 35 heavy (non-hydrogen) atoms. The number of ether oxygens (including phenoxy) is 2. The molecule has 3 aromatic carbocycles. The fourth-order valence-electron chi connectivity index (χ4n) is 3.51. The number of carbonyl (C=O) groups is 2. The van der Waals surface area contributed by atoms with E-state index in [1.165, 1.54) is 36.4 Å². The molecule has 1 saturated heterocycles. The van der Waals surface area contributed by atoms with Gasteiger partial charge in [-0.2, -0.15) is 0 Å². The van der Waals surface area contributed by atoms with Crippen LogP contribution >= 0.6 is 22.6 Å². The van der Waals surface area contributed by atoms with E-state index in [4.69, 9.17) is 9.47 Å². The zero-order valence-electron chi connectivity index (χ0n) is 18.7. The molecule has 0 aromatic heterocycles. The van der Waals surface area contributed by atoms with E-state index in [-0.39, 0.29) is 24.7 Å². The minimum atomic E-state index is -0.555. The first kappa shape index (κ1) is 24.6. The van der Waals surface area contributed by atoms with E-state index in [9.17, 15) is 18.4 Å². The molecule has 3 amide bonds. The molecule has 180 valence electrons. The third-order valence-electron chi connectivity index (χ3n) is 5.13. The van der Waals surface area contributed by atoms with E-state index >= 15 is 0 Å². The van der Waals surface area contributed by atoms with Gasteiger partial charge >= 0.3 is 6.03 Å². The van der Waals surface area contributed by atoms with Crippen molar-refractivity contribution in [2.45, 2.75) is 20.1 Å². The molecule has 1 aliphatic heterocycles. The van der Waals surface area contributed by atoms with Crippen molar-refractivity contribution in [3.63, 3.8) is 0 Å². The number of rotatable bonds is 8. The topological polar surface area (TPSA) is 67.9 Å². The Morgan fingerprint density at radius 3 is 2.46 bits per heavy atom. The minimum absolute atomic E-state index is 0.0247. The van der Waals surface area contributed by atoms with Crippen molar-refractivity contribution in [1.29, 1.82) is 0 Å². The van der Waals surface area contributed by atoms with Gasteiger partial charge in [-0.15, -0.1) is 0 Å². The van der Waals surface area contributed by atoms with Gasteiger partial charge in [0.25, 0.3) is 5.91 Å². The van der Waals surface area contributed by atoms with Gasteiger partial charge in [0, 0.05) is 0 Å². The van der Waals surface area contributed by atoms with Gasteiger partial charge in [-0.25, -0.2) is 13.6 Å². The van der Waals surface area contributed by atoms with E-state index in [2.05, 4.69) is 27.9 Å². The number of benzene rings is 3. The third kappa shape index (κ3) is 5.97. The highest BCUT2D eigenvalue weighted by atomic mass is 127.